The van der Waals surface area contributed by atoms with E-state index in [0.717, 1.165) is 17.2 Å². The third-order valence-electron chi connectivity index (χ3n) is 5.13. The van der Waals surface area contributed by atoms with Gasteiger partial charge in [0.1, 0.15) is 6.61 Å². The number of benzene rings is 3. The lowest BCUT2D eigenvalue weighted by Crippen LogP contribution is -2.17. The van der Waals surface area contributed by atoms with E-state index in [1.54, 1.807) is 43.3 Å². The van der Waals surface area contributed by atoms with Crippen LogP contribution < -0.4 is 5.32 Å². The van der Waals surface area contributed by atoms with E-state index in [4.69, 9.17) is 9.94 Å². The predicted octanol–water partition coefficient (Wildman–Crippen LogP) is 5.88. The lowest BCUT2D eigenvalue weighted by molar-refractivity contribution is -0.137. The van der Waals surface area contributed by atoms with Crippen LogP contribution in [-0.2, 0) is 29.0 Å². The summed E-state index contributed by atoms with van der Waals surface area (Å²) >= 11 is 0. The molecule has 3 aromatic rings. The number of alkyl halides is 3. The summed E-state index contributed by atoms with van der Waals surface area (Å²) in [5.74, 6) is -0.849. The quantitative estimate of drug-likeness (QED) is 0.221. The van der Waals surface area contributed by atoms with Crippen molar-refractivity contribution in [2.75, 3.05) is 6.54 Å². The topological polar surface area (TPSA) is 70.9 Å². The number of hydrogen-bond donors (Lipinski definition) is 2. The zero-order chi connectivity index (χ0) is 24.6. The lowest BCUT2D eigenvalue weighted by atomic mass is 9.96. The standard InChI is InChI=1S/C26H25F3N2O3/c1-18(31-34-17-20-9-7-19(8-10-20)16-30-14-13-25(32)33)22-11-12-23(21-5-3-2-4-6-21)24(15-22)26(27,28)29/h2-12,15,30H,13-14,16-17H2,1H3,(H,32,33). The summed E-state index contributed by atoms with van der Waals surface area (Å²) in [6.07, 6.45) is -4.45. The largest absolute Gasteiger partial charge is 0.481 e. The molecule has 5 nitrogen and oxygen atoms in total. The Kier molecular flexibility index (Phi) is 8.43. The molecule has 0 atom stereocenters. The number of oxime groups is 1. The molecule has 0 aliphatic rings. The molecule has 0 saturated carbocycles. The third kappa shape index (κ3) is 7.18. The number of carbonyl (C=O) groups is 1. The molecular formula is C26H25F3N2O3. The molecule has 3 rings (SSSR count). The van der Waals surface area contributed by atoms with Gasteiger partial charge >= 0.3 is 12.1 Å². The molecule has 2 N–H and O–H groups in total. The lowest BCUT2D eigenvalue weighted by Gasteiger charge is -2.15. The first-order chi connectivity index (χ1) is 16.2. The number of rotatable bonds is 10. The molecule has 0 amide bonds. The van der Waals surface area contributed by atoms with Gasteiger partial charge in [-0.2, -0.15) is 13.2 Å². The van der Waals surface area contributed by atoms with E-state index < -0.39 is 17.7 Å². The molecule has 8 heteroatoms. The minimum Gasteiger partial charge on any atom is -0.481 e. The zero-order valence-corrected chi connectivity index (χ0v) is 18.6. The number of aliphatic carboxylic acids is 1. The predicted molar refractivity (Wildman–Crippen MR) is 124 cm³/mol. The Bertz CT molecular complexity index is 1130. The third-order valence-corrected chi connectivity index (χ3v) is 5.13. The second-order valence-electron chi connectivity index (χ2n) is 7.71. The van der Waals surface area contributed by atoms with E-state index in [1.165, 1.54) is 6.07 Å². The molecular weight excluding hydrogens is 445 g/mol. The van der Waals surface area contributed by atoms with Crippen LogP contribution in [0.3, 0.4) is 0 Å². The van der Waals surface area contributed by atoms with E-state index in [9.17, 15) is 18.0 Å². The molecule has 0 saturated heterocycles. The van der Waals surface area contributed by atoms with Gasteiger partial charge < -0.3 is 15.3 Å². The van der Waals surface area contributed by atoms with Crippen LogP contribution in [0.4, 0.5) is 13.2 Å². The summed E-state index contributed by atoms with van der Waals surface area (Å²) in [4.78, 5) is 15.9. The van der Waals surface area contributed by atoms with Crippen molar-refractivity contribution in [2.24, 2.45) is 5.16 Å². The molecule has 178 valence electrons. The van der Waals surface area contributed by atoms with Crippen LogP contribution in [0.25, 0.3) is 11.1 Å². The number of hydrogen-bond acceptors (Lipinski definition) is 4. The van der Waals surface area contributed by atoms with Crippen LogP contribution in [0.15, 0.2) is 78.0 Å². The summed E-state index contributed by atoms with van der Waals surface area (Å²) in [6.45, 7) is 2.70. The van der Waals surface area contributed by atoms with Crippen LogP contribution >= 0.6 is 0 Å². The Morgan fingerprint density at radius 1 is 1.00 bits per heavy atom. The van der Waals surface area contributed by atoms with E-state index in [-0.39, 0.29) is 18.6 Å². The Labute approximate surface area is 195 Å². The minimum atomic E-state index is -4.51. The van der Waals surface area contributed by atoms with Crippen molar-refractivity contribution in [3.05, 3.63) is 95.1 Å². The van der Waals surface area contributed by atoms with Gasteiger partial charge in [-0.1, -0.05) is 71.9 Å². The molecule has 0 heterocycles. The summed E-state index contributed by atoms with van der Waals surface area (Å²) in [5, 5.41) is 15.7. The van der Waals surface area contributed by atoms with E-state index in [1.807, 2.05) is 24.3 Å². The molecule has 0 aliphatic carbocycles. The molecule has 0 fully saturated rings. The van der Waals surface area contributed by atoms with E-state index in [0.29, 0.717) is 29.9 Å². The number of carboxylic acid groups (broad SMARTS) is 1. The van der Waals surface area contributed by atoms with Crippen molar-refractivity contribution in [1.29, 1.82) is 0 Å². The Balaban J connectivity index is 1.63. The van der Waals surface area contributed by atoms with Crippen molar-refractivity contribution in [2.45, 2.75) is 32.7 Å². The van der Waals surface area contributed by atoms with Gasteiger partial charge in [0.15, 0.2) is 0 Å². The van der Waals surface area contributed by atoms with Gasteiger partial charge in [-0.15, -0.1) is 0 Å². The maximum absolute atomic E-state index is 13.7. The fourth-order valence-electron chi connectivity index (χ4n) is 3.31. The Hall–Kier alpha value is -3.65. The highest BCUT2D eigenvalue weighted by Gasteiger charge is 2.34. The Morgan fingerprint density at radius 2 is 1.68 bits per heavy atom. The van der Waals surface area contributed by atoms with E-state index in [2.05, 4.69) is 10.5 Å². The van der Waals surface area contributed by atoms with Gasteiger partial charge in [-0.25, -0.2) is 0 Å². The second-order valence-corrected chi connectivity index (χ2v) is 7.71. The summed E-state index contributed by atoms with van der Waals surface area (Å²) in [6, 6.07) is 20.1. The van der Waals surface area contributed by atoms with Crippen molar-refractivity contribution >= 4 is 11.7 Å². The molecule has 0 aromatic heterocycles. The minimum absolute atomic E-state index is 0.0583. The highest BCUT2D eigenvalue weighted by Crippen LogP contribution is 2.37. The maximum Gasteiger partial charge on any atom is 0.417 e. The van der Waals surface area contributed by atoms with Gasteiger partial charge in [-0.3, -0.25) is 4.79 Å². The SMILES string of the molecule is CC(=NOCc1ccc(CNCCC(=O)O)cc1)c1ccc(-c2ccccc2)c(C(F)(F)F)c1. The smallest absolute Gasteiger partial charge is 0.417 e. The second kappa shape index (κ2) is 11.5. The fourth-order valence-corrected chi connectivity index (χ4v) is 3.31. The highest BCUT2D eigenvalue weighted by molar-refractivity contribution is 5.99. The van der Waals surface area contributed by atoms with Crippen molar-refractivity contribution in [1.82, 2.24) is 5.32 Å². The fraction of sp³-hybridized carbons (Fsp3) is 0.231. The normalized spacial score (nSPS) is 11.9. The summed E-state index contributed by atoms with van der Waals surface area (Å²) in [5.41, 5.74) is 2.39. The molecule has 0 unspecified atom stereocenters. The molecule has 0 radical (unpaired) electrons. The number of nitrogens with one attached hydrogen (secondary N) is 1. The number of nitrogens with zero attached hydrogens (tertiary/aromatic N) is 1. The van der Waals surface area contributed by atoms with E-state index >= 15 is 0 Å². The van der Waals surface area contributed by atoms with Gasteiger partial charge in [0.2, 0.25) is 0 Å². The van der Waals surface area contributed by atoms with Crippen LogP contribution in [0.2, 0.25) is 0 Å². The van der Waals surface area contributed by atoms with Crippen molar-refractivity contribution in [3.63, 3.8) is 0 Å². The average Bonchev–Trinajstić information content (AvgIpc) is 2.82. The highest BCUT2D eigenvalue weighted by atomic mass is 19.4. The first-order valence-corrected chi connectivity index (χ1v) is 10.7. The first-order valence-electron chi connectivity index (χ1n) is 10.7. The molecule has 0 spiro atoms. The zero-order valence-electron chi connectivity index (χ0n) is 18.6. The molecule has 3 aromatic carbocycles. The van der Waals surface area contributed by atoms with Gasteiger partial charge in [0, 0.05) is 13.1 Å². The van der Waals surface area contributed by atoms with Gasteiger partial charge in [0.25, 0.3) is 0 Å². The monoisotopic (exact) mass is 470 g/mol. The number of halogens is 3. The summed E-state index contributed by atoms with van der Waals surface area (Å²) < 4.78 is 41.1. The van der Waals surface area contributed by atoms with Crippen LogP contribution in [0, 0.1) is 0 Å². The molecule has 34 heavy (non-hydrogen) atoms. The van der Waals surface area contributed by atoms with Crippen LogP contribution in [-0.4, -0.2) is 23.3 Å². The Morgan fingerprint density at radius 3 is 2.32 bits per heavy atom. The molecule has 0 aliphatic heterocycles. The van der Waals surface area contributed by atoms with Gasteiger partial charge in [-0.05, 0) is 40.8 Å². The average molecular weight is 470 g/mol. The van der Waals surface area contributed by atoms with Crippen molar-refractivity contribution < 1.29 is 27.9 Å². The maximum atomic E-state index is 13.7. The van der Waals surface area contributed by atoms with Gasteiger partial charge in [0.05, 0.1) is 17.7 Å². The first kappa shape index (κ1) is 25.0. The van der Waals surface area contributed by atoms with Crippen LogP contribution in [0.1, 0.15) is 35.6 Å². The van der Waals surface area contributed by atoms with Crippen molar-refractivity contribution in [3.8, 4) is 11.1 Å². The number of carboxylic acids is 1. The summed E-state index contributed by atoms with van der Waals surface area (Å²) in [7, 11) is 0. The molecule has 0 bridgehead atoms. The van der Waals surface area contributed by atoms with Crippen LogP contribution in [0.5, 0.6) is 0 Å².